The summed E-state index contributed by atoms with van der Waals surface area (Å²) in [4.78, 5) is 24.3. The summed E-state index contributed by atoms with van der Waals surface area (Å²) in [7, 11) is 0. The lowest BCUT2D eigenvalue weighted by atomic mass is 10.0. The molecule has 6 nitrogen and oxygen atoms in total. The zero-order valence-corrected chi connectivity index (χ0v) is 31.4. The van der Waals surface area contributed by atoms with Crippen molar-refractivity contribution in [1.29, 1.82) is 0 Å². The van der Waals surface area contributed by atoms with Gasteiger partial charge in [-0.25, -0.2) is 0 Å². The lowest BCUT2D eigenvalue weighted by Crippen LogP contribution is -2.28. The first-order chi connectivity index (χ1) is 23.5. The van der Waals surface area contributed by atoms with E-state index in [2.05, 4.69) is 57.2 Å². The van der Waals surface area contributed by atoms with Gasteiger partial charge in [0.25, 0.3) is 0 Å². The van der Waals surface area contributed by atoms with E-state index >= 15 is 0 Å². The average molecular weight is 675 g/mol. The van der Waals surface area contributed by atoms with Crippen molar-refractivity contribution in [2.24, 2.45) is 5.92 Å². The van der Waals surface area contributed by atoms with Crippen molar-refractivity contribution >= 4 is 11.9 Å². The van der Waals surface area contributed by atoms with E-state index in [1.807, 2.05) is 0 Å². The molecule has 48 heavy (non-hydrogen) atoms. The summed E-state index contributed by atoms with van der Waals surface area (Å²) in [5.74, 6) is 0.182. The summed E-state index contributed by atoms with van der Waals surface area (Å²) in [6.07, 6.45) is 41.0. The van der Waals surface area contributed by atoms with Crippen LogP contribution < -0.4 is 0 Å². The third kappa shape index (κ3) is 29.0. The summed E-state index contributed by atoms with van der Waals surface area (Å²) in [6, 6.07) is 0. The van der Waals surface area contributed by atoms with Gasteiger partial charge in [-0.2, -0.15) is 0 Å². The number of epoxide rings is 1. The molecule has 0 aliphatic carbocycles. The molecule has 1 aliphatic heterocycles. The van der Waals surface area contributed by atoms with Gasteiger partial charge in [0.15, 0.2) is 6.10 Å². The van der Waals surface area contributed by atoms with E-state index in [1.54, 1.807) is 0 Å². The van der Waals surface area contributed by atoms with Crippen LogP contribution in [-0.4, -0.2) is 48.6 Å². The van der Waals surface area contributed by atoms with Crippen LogP contribution in [-0.2, 0) is 23.8 Å². The molecule has 0 aromatic heterocycles. The van der Waals surface area contributed by atoms with Crippen molar-refractivity contribution < 1.29 is 28.9 Å². The Hall–Kier alpha value is -1.92. The molecule has 0 bridgehead atoms. The lowest BCUT2D eigenvalue weighted by Gasteiger charge is -2.15. The Balaban J connectivity index is 1.92. The van der Waals surface area contributed by atoms with Gasteiger partial charge in [-0.05, 0) is 57.3 Å². The predicted octanol–water partition coefficient (Wildman–Crippen LogP) is 11.3. The second kappa shape index (κ2) is 32.3. The first-order valence-corrected chi connectivity index (χ1v) is 20.0. The topological polar surface area (TPSA) is 85.4 Å². The number of hydrogen-bond donors (Lipinski definition) is 1. The molecule has 1 saturated heterocycles. The highest BCUT2D eigenvalue weighted by Gasteiger charge is 2.35. The van der Waals surface area contributed by atoms with Gasteiger partial charge in [-0.3, -0.25) is 9.59 Å². The van der Waals surface area contributed by atoms with Crippen LogP contribution in [0.15, 0.2) is 36.5 Å². The second-order valence-electron chi connectivity index (χ2n) is 14.2. The zero-order chi connectivity index (χ0) is 34.9. The Morgan fingerprint density at radius 1 is 0.646 bits per heavy atom. The predicted molar refractivity (Wildman–Crippen MR) is 200 cm³/mol. The molecule has 0 radical (unpaired) electrons. The molecule has 0 spiro atoms. The smallest absolute Gasteiger partial charge is 0.306 e. The Morgan fingerprint density at radius 3 is 1.77 bits per heavy atom. The van der Waals surface area contributed by atoms with Crippen molar-refractivity contribution in [3.8, 4) is 0 Å². The van der Waals surface area contributed by atoms with Gasteiger partial charge >= 0.3 is 11.9 Å². The van der Waals surface area contributed by atoms with Crippen LogP contribution in [0, 0.1) is 5.92 Å². The van der Waals surface area contributed by atoms with E-state index in [9.17, 15) is 14.7 Å². The molecule has 1 rings (SSSR count). The van der Waals surface area contributed by atoms with E-state index in [-0.39, 0.29) is 25.2 Å². The lowest BCUT2D eigenvalue weighted by molar-refractivity contribution is -0.161. The minimum Gasteiger partial charge on any atom is -0.462 e. The number of rotatable bonds is 34. The number of aliphatic hydroxyl groups excluding tert-OH is 1. The van der Waals surface area contributed by atoms with Crippen molar-refractivity contribution in [3.05, 3.63) is 36.5 Å². The third-order valence-electron chi connectivity index (χ3n) is 9.02. The molecule has 1 heterocycles. The van der Waals surface area contributed by atoms with Gasteiger partial charge in [0, 0.05) is 12.8 Å². The molecule has 3 atom stereocenters. The third-order valence-corrected chi connectivity index (χ3v) is 9.02. The van der Waals surface area contributed by atoms with E-state index in [0.717, 1.165) is 50.9 Å². The molecular formula is C42H74O6. The van der Waals surface area contributed by atoms with Crippen molar-refractivity contribution in [2.45, 2.75) is 200 Å². The van der Waals surface area contributed by atoms with Gasteiger partial charge in [0.2, 0.25) is 0 Å². The fraction of sp³-hybridized carbons (Fsp3) is 0.810. The molecule has 278 valence electrons. The first kappa shape index (κ1) is 44.1. The average Bonchev–Trinajstić information content (AvgIpc) is 3.83. The number of ether oxygens (including phenoxy) is 3. The number of carbonyl (C=O) groups excluding carboxylic acids is 2. The molecule has 0 aromatic rings. The maximum atomic E-state index is 12.2. The minimum atomic E-state index is -0.795. The van der Waals surface area contributed by atoms with Crippen LogP contribution in [0.25, 0.3) is 0 Å². The number of unbranched alkanes of at least 4 members (excludes halogenated alkanes) is 16. The second-order valence-corrected chi connectivity index (χ2v) is 14.2. The fourth-order valence-corrected chi connectivity index (χ4v) is 5.83. The monoisotopic (exact) mass is 675 g/mol. The molecular weight excluding hydrogens is 600 g/mol. The van der Waals surface area contributed by atoms with Crippen molar-refractivity contribution in [3.63, 3.8) is 0 Å². The molecule has 0 aromatic carbocycles. The van der Waals surface area contributed by atoms with Gasteiger partial charge in [0.05, 0.1) is 18.8 Å². The number of esters is 2. The fourth-order valence-electron chi connectivity index (χ4n) is 5.83. The molecule has 1 N–H and O–H groups in total. The van der Waals surface area contributed by atoms with Crippen LogP contribution in [0.2, 0.25) is 0 Å². The quantitative estimate of drug-likeness (QED) is 0.0316. The Labute approximate surface area is 295 Å². The van der Waals surface area contributed by atoms with E-state index in [1.165, 1.54) is 96.3 Å². The standard InChI is InChI=1S/C42H74O6/c1-4-5-6-7-21-26-31-39-40(48-39)32-27-22-17-15-19-23-28-33-41(44)46-36-38(35-43)47-42(45)34-29-24-18-14-12-10-8-9-11-13-16-20-25-30-37(2)3/h15,19,21-22,26-27,37-40,43H,4-14,16-18,20,23-25,28-36H2,1-3H3/b19-15-,26-21-,27-22-/t38-,39?,40?/m0/s1. The number of aliphatic hydroxyl groups is 1. The van der Waals surface area contributed by atoms with E-state index < -0.39 is 6.10 Å². The maximum Gasteiger partial charge on any atom is 0.306 e. The first-order valence-electron chi connectivity index (χ1n) is 20.0. The number of carbonyl (C=O) groups is 2. The molecule has 2 unspecified atom stereocenters. The summed E-state index contributed by atoms with van der Waals surface area (Å²) < 4.78 is 16.3. The largest absolute Gasteiger partial charge is 0.462 e. The number of hydrogen-bond acceptors (Lipinski definition) is 6. The highest BCUT2D eigenvalue weighted by atomic mass is 16.6. The van der Waals surface area contributed by atoms with Gasteiger partial charge < -0.3 is 19.3 Å². The molecule has 0 saturated carbocycles. The number of allylic oxidation sites excluding steroid dienone is 4. The van der Waals surface area contributed by atoms with Crippen LogP contribution in [0.3, 0.4) is 0 Å². The van der Waals surface area contributed by atoms with E-state index in [0.29, 0.717) is 31.5 Å². The Bertz CT molecular complexity index is 847. The van der Waals surface area contributed by atoms with Crippen LogP contribution in [0.5, 0.6) is 0 Å². The minimum absolute atomic E-state index is 0.0966. The Kier molecular flexibility index (Phi) is 29.7. The molecule has 6 heteroatoms. The summed E-state index contributed by atoms with van der Waals surface area (Å²) >= 11 is 0. The van der Waals surface area contributed by atoms with Crippen molar-refractivity contribution in [1.82, 2.24) is 0 Å². The normalized spacial score (nSPS) is 16.9. The van der Waals surface area contributed by atoms with Gasteiger partial charge in [0.1, 0.15) is 6.61 Å². The van der Waals surface area contributed by atoms with Gasteiger partial charge in [-0.1, -0.05) is 154 Å². The highest BCUT2D eigenvalue weighted by molar-refractivity contribution is 5.70. The van der Waals surface area contributed by atoms with Crippen LogP contribution in [0.1, 0.15) is 181 Å². The summed E-state index contributed by atoms with van der Waals surface area (Å²) in [5, 5.41) is 9.56. The summed E-state index contributed by atoms with van der Waals surface area (Å²) in [6.45, 7) is 6.40. The molecule has 0 amide bonds. The van der Waals surface area contributed by atoms with Gasteiger partial charge in [-0.15, -0.1) is 0 Å². The highest BCUT2D eigenvalue weighted by Crippen LogP contribution is 2.29. The molecule has 1 fully saturated rings. The van der Waals surface area contributed by atoms with Crippen LogP contribution in [0.4, 0.5) is 0 Å². The summed E-state index contributed by atoms with van der Waals surface area (Å²) in [5.41, 5.74) is 0. The zero-order valence-electron chi connectivity index (χ0n) is 31.4. The van der Waals surface area contributed by atoms with E-state index in [4.69, 9.17) is 14.2 Å². The molecule has 1 aliphatic rings. The Morgan fingerprint density at radius 2 is 1.17 bits per heavy atom. The van der Waals surface area contributed by atoms with Crippen LogP contribution >= 0.6 is 0 Å². The van der Waals surface area contributed by atoms with Crippen molar-refractivity contribution in [2.75, 3.05) is 13.2 Å². The maximum absolute atomic E-state index is 12.2. The SMILES string of the molecule is CCCCC/C=C\CC1OC1C/C=C\C/C=C\CCCC(=O)OC[C@H](CO)OC(=O)CCCCCCCCCCCCCCCC(C)C.